The van der Waals surface area contributed by atoms with Crippen molar-refractivity contribution in [3.05, 3.63) is 65.0 Å². The Morgan fingerprint density at radius 2 is 1.45 bits per heavy atom. The number of aromatic hydroxyl groups is 1. The van der Waals surface area contributed by atoms with Crippen molar-refractivity contribution in [3.8, 4) is 11.5 Å². The molecule has 1 aliphatic carbocycles. The molecule has 468 valence electrons. The van der Waals surface area contributed by atoms with Crippen molar-refractivity contribution in [1.29, 1.82) is 0 Å². The maximum Gasteiger partial charge on any atom is 1.00 e. The number of β-amino-alcohol motifs (C(OH)–C–C–N with tert-alkyl or cyclic N) is 1. The van der Waals surface area contributed by atoms with Crippen LogP contribution in [-0.4, -0.2) is 223 Å². The predicted octanol–water partition coefficient (Wildman–Crippen LogP) is -5.84. The molecule has 0 aromatic heterocycles. The van der Waals surface area contributed by atoms with Crippen LogP contribution in [0.3, 0.4) is 0 Å². The number of piperazine rings is 1. The molecule has 2 aromatic rings. The molecule has 86 heavy (non-hydrogen) atoms. The number of benzene rings is 2. The van der Waals surface area contributed by atoms with E-state index in [2.05, 4.69) is 71.4 Å². The van der Waals surface area contributed by atoms with E-state index in [1.807, 2.05) is 0 Å². The van der Waals surface area contributed by atoms with Crippen molar-refractivity contribution >= 4 is 59.4 Å². The number of carbonyl (C=O) groups excluding carboxylic acids is 7. The third kappa shape index (κ3) is 17.5. The van der Waals surface area contributed by atoms with Gasteiger partial charge in [0.2, 0.25) is 42.0 Å². The van der Waals surface area contributed by atoms with Gasteiger partial charge in [-0.25, -0.2) is 6.57 Å². The quantitative estimate of drug-likeness (QED) is 0.0209. The van der Waals surface area contributed by atoms with Gasteiger partial charge in [-0.1, -0.05) is 33.8 Å². The third-order valence-corrected chi connectivity index (χ3v) is 17.3. The molecule has 4 saturated heterocycles. The van der Waals surface area contributed by atoms with E-state index < -0.39 is 165 Å². The standard InChI is InChI=1S/C56H80N10O18S.Na/c1-29-27-66-47(48(29)73)53(78)58-25-36(68)23-38(59-49(74)32-8-12-34(13-9-32)63-17-19-64(20-18-63)35-14-10-33(11-15-35)56(3,4)5)50(75)60-44(30(2)67)54(79)65-28-37(69)24-39(65)51(76)61-45(52(77)62-46(55(66)80)42(72)26-57-6)41(71)21-31-7-16-40(70)43(22-31)82-85-84-83-81;/h7-9,12-13,16,22,29-30,33,35-39,41-42,44-48,67-73,81H,10-11,14-15,17-21,23-28H2,1-5H3,(H,58,78)(H,59,74)(H,60,75)(H,61,76)(H,62,77);/q;+1/p-1/t29-,30+,33?,35?,36+,37+,38+,39+,41-,42-,44+,45+,46+,47+,48+;/m1./s1. The van der Waals surface area contributed by atoms with Gasteiger partial charge in [0.25, 0.3) is 18.2 Å². The minimum absolute atomic E-state index is 0. The Balaban J connectivity index is 0.0000118. The van der Waals surface area contributed by atoms with Crippen molar-refractivity contribution in [1.82, 2.24) is 41.3 Å². The zero-order valence-electron chi connectivity index (χ0n) is 49.1. The summed E-state index contributed by atoms with van der Waals surface area (Å²) in [5.74, 6) is -8.75. The summed E-state index contributed by atoms with van der Waals surface area (Å²) in [5, 5.41) is 104. The monoisotopic (exact) mass is 1230 g/mol. The van der Waals surface area contributed by atoms with Crippen LogP contribution in [0.2, 0.25) is 0 Å². The van der Waals surface area contributed by atoms with Gasteiger partial charge in [0.1, 0.15) is 36.3 Å². The number of nitrogens with zero attached hydrogens (tertiary/aromatic N) is 5. The van der Waals surface area contributed by atoms with E-state index in [-0.39, 0.29) is 70.7 Å². The molecule has 12 N–H and O–H groups in total. The van der Waals surface area contributed by atoms with Crippen LogP contribution in [0.5, 0.6) is 11.5 Å². The fourth-order valence-corrected chi connectivity index (χ4v) is 12.3. The number of fused-ring (bicyclic) bond motifs is 2. The molecule has 7 amide bonds. The Morgan fingerprint density at radius 3 is 2.08 bits per heavy atom. The molecular weight excluding hydrogens is 1160 g/mol. The van der Waals surface area contributed by atoms with Crippen LogP contribution in [0.1, 0.15) is 89.1 Å². The van der Waals surface area contributed by atoms with Crippen molar-refractivity contribution in [2.24, 2.45) is 17.3 Å². The summed E-state index contributed by atoms with van der Waals surface area (Å²) in [5.41, 5.74) is 1.37. The second-order valence-electron chi connectivity index (χ2n) is 23.9. The van der Waals surface area contributed by atoms with E-state index in [1.165, 1.54) is 38.7 Å². The molecule has 4 heterocycles. The van der Waals surface area contributed by atoms with E-state index in [1.54, 1.807) is 24.3 Å². The molecule has 0 radical (unpaired) electrons. The van der Waals surface area contributed by atoms with Gasteiger partial charge in [-0.05, 0) is 85.9 Å². The first-order valence-electron chi connectivity index (χ1n) is 28.5. The average molecular weight is 1240 g/mol. The van der Waals surface area contributed by atoms with Crippen LogP contribution in [0.25, 0.3) is 4.85 Å². The Morgan fingerprint density at radius 1 is 0.814 bits per heavy atom. The summed E-state index contributed by atoms with van der Waals surface area (Å²) in [7, 11) is 0. The Bertz CT molecular complexity index is 2730. The molecule has 5 aliphatic rings. The van der Waals surface area contributed by atoms with Crippen molar-refractivity contribution in [3.63, 3.8) is 0 Å². The summed E-state index contributed by atoms with van der Waals surface area (Å²) in [6.45, 7) is 17.9. The van der Waals surface area contributed by atoms with E-state index in [4.69, 9.17) is 10.8 Å². The minimum Gasteiger partial charge on any atom is -0.691 e. The number of phenols is 1. The van der Waals surface area contributed by atoms with E-state index in [9.17, 15) is 74.6 Å². The summed E-state index contributed by atoms with van der Waals surface area (Å²) in [6.07, 6.45) is -7.38. The maximum atomic E-state index is 14.6. The molecule has 0 spiro atoms. The van der Waals surface area contributed by atoms with Crippen LogP contribution in [-0.2, 0) is 44.6 Å². The van der Waals surface area contributed by atoms with Crippen molar-refractivity contribution in [2.45, 2.75) is 158 Å². The maximum absolute atomic E-state index is 14.6. The predicted molar refractivity (Wildman–Crippen MR) is 300 cm³/mol. The van der Waals surface area contributed by atoms with E-state index >= 15 is 0 Å². The average Bonchev–Trinajstić information content (AvgIpc) is 1.78. The number of aliphatic hydroxyl groups excluding tert-OH is 6. The van der Waals surface area contributed by atoms with E-state index in [0.717, 1.165) is 60.7 Å². The Labute approximate surface area is 525 Å². The molecular formula is C56H79N10NaO18S. The van der Waals surface area contributed by atoms with Gasteiger partial charge in [0.05, 0.1) is 30.5 Å². The number of hydrogen-bond acceptors (Lipinski definition) is 21. The first kappa shape index (κ1) is 69.7. The van der Waals surface area contributed by atoms with Gasteiger partial charge in [0.15, 0.2) is 17.6 Å². The number of anilines is 1. The van der Waals surface area contributed by atoms with Crippen molar-refractivity contribution in [2.75, 3.05) is 57.3 Å². The fourth-order valence-electron chi connectivity index (χ4n) is 12.0. The number of carbonyl (C=O) groups is 7. The van der Waals surface area contributed by atoms with Crippen LogP contribution < -0.4 is 70.5 Å². The van der Waals surface area contributed by atoms with Gasteiger partial charge in [-0.15, -0.1) is 4.33 Å². The largest absolute Gasteiger partial charge is 1.00 e. The van der Waals surface area contributed by atoms with Crippen LogP contribution in [0.15, 0.2) is 42.5 Å². The van der Waals surface area contributed by atoms with Gasteiger partial charge < -0.3 is 91.3 Å². The number of hydrogen-bond donors (Lipinski definition) is 12. The Hall–Kier alpha value is -5.43. The Kier molecular flexibility index (Phi) is 25.2. The zero-order chi connectivity index (χ0) is 62.0. The van der Waals surface area contributed by atoms with Crippen LogP contribution in [0.4, 0.5) is 5.69 Å². The summed E-state index contributed by atoms with van der Waals surface area (Å²) in [6, 6.07) is -0.515. The number of nitrogens with one attached hydrogen (secondary N) is 5. The summed E-state index contributed by atoms with van der Waals surface area (Å²) < 4.78 is 9.16. The molecule has 13 atom stereocenters. The number of phenolic OH excluding ortho intramolecular Hbond substituents is 1. The zero-order valence-corrected chi connectivity index (χ0v) is 51.9. The normalized spacial score (nSPS) is 29.7. The first-order valence-corrected chi connectivity index (χ1v) is 29.2. The van der Waals surface area contributed by atoms with E-state index in [0.29, 0.717) is 12.0 Å². The first-order chi connectivity index (χ1) is 40.3. The number of aliphatic hydroxyl groups is 6. The summed E-state index contributed by atoms with van der Waals surface area (Å²) in [4.78, 5) is 111. The SMILES string of the molecule is [C-]#[N+]C[C@@H](O)[C@@H]1NC(=O)[C@H]([C@H](O)Cc2ccc(O)c(OSOO[O-])c2)NC(=O)[C@@H]2C[C@H](O)CN2C(=O)[C@H]([C@H](C)O)NC(=O)[C@@H](NC(=O)c2ccc(N3CCN(C4CCC(C(C)(C)C)CC4)CC3)cc2)C[C@H](O)CNC(=O)[C@@H]2[C@@H](O)[C@H](C)CN2C1=O.[Na+]. The molecule has 1 saturated carbocycles. The van der Waals surface area contributed by atoms with Gasteiger partial charge >= 0.3 is 29.6 Å². The molecule has 4 aliphatic heterocycles. The van der Waals surface area contributed by atoms with Gasteiger partial charge in [-0.2, -0.15) is 0 Å². The van der Waals surface area contributed by atoms with Crippen molar-refractivity contribution < 1.29 is 118 Å². The second-order valence-corrected chi connectivity index (χ2v) is 24.3. The van der Waals surface area contributed by atoms with Crippen LogP contribution in [0, 0.1) is 23.8 Å². The van der Waals surface area contributed by atoms with Gasteiger partial charge in [-0.3, -0.25) is 43.5 Å². The summed E-state index contributed by atoms with van der Waals surface area (Å²) >= 11 is 0.0142. The molecule has 0 bridgehead atoms. The second kappa shape index (κ2) is 31.2. The molecule has 2 aromatic carbocycles. The fraction of sp³-hybridized carbons (Fsp3) is 0.643. The topological polar surface area (TPSA) is 389 Å². The molecule has 7 rings (SSSR count). The molecule has 5 fully saturated rings. The third-order valence-electron chi connectivity index (χ3n) is 16.9. The number of rotatable bonds is 14. The smallest absolute Gasteiger partial charge is 0.691 e. The van der Waals surface area contributed by atoms with Crippen LogP contribution >= 0.6 is 12.3 Å². The molecule has 28 nitrogen and oxygen atoms in total. The molecule has 30 heteroatoms. The molecule has 0 unspecified atom stereocenters. The minimum atomic E-state index is -2.14. The number of amides is 7. The van der Waals surface area contributed by atoms with Gasteiger partial charge in [0, 0.05) is 88.3 Å².